The van der Waals surface area contributed by atoms with Gasteiger partial charge in [-0.3, -0.25) is 0 Å². The molecule has 2 aromatic heterocycles. The highest BCUT2D eigenvalue weighted by Gasteiger charge is 2.58. The molecule has 0 radical (unpaired) electrons. The molecule has 0 unspecified atom stereocenters. The van der Waals surface area contributed by atoms with Crippen LogP contribution in [0.4, 0.5) is 5.82 Å². The highest BCUT2D eigenvalue weighted by atomic mass is 31.2. The number of aromatic nitrogens is 3. The number of nitrogens with two attached hydrogens (primary N) is 1. The van der Waals surface area contributed by atoms with Gasteiger partial charge in [0.25, 0.3) is 0 Å². The predicted molar refractivity (Wildman–Crippen MR) is 215 cm³/mol. The van der Waals surface area contributed by atoms with Gasteiger partial charge in [-0.15, -0.1) is 0 Å². The lowest BCUT2D eigenvalue weighted by atomic mass is 9.92. The molecule has 16 heteroatoms. The van der Waals surface area contributed by atoms with Gasteiger partial charge in [-0.2, -0.15) is 34.5 Å². The molecule has 1 aliphatic heterocycles. The minimum Gasteiger partial charge on any atom is -0.387 e. The fraction of sp³-hybridized carbons (Fsp3) is 0.659. The Morgan fingerprint density at radius 3 is 2.18 bits per heavy atom. The molecule has 15 nitrogen and oxygen atoms in total. The van der Waals surface area contributed by atoms with Crippen molar-refractivity contribution in [2.75, 3.05) is 32.2 Å². The highest BCUT2D eigenvalue weighted by molar-refractivity contribution is 7.54. The maximum atomic E-state index is 11.0. The van der Waals surface area contributed by atoms with E-state index >= 15 is 0 Å². The molecule has 0 bridgehead atoms. The van der Waals surface area contributed by atoms with E-state index in [2.05, 4.69) is 23.1 Å². The average molecular weight is 814 g/mol. The van der Waals surface area contributed by atoms with Crippen molar-refractivity contribution in [3.05, 3.63) is 59.5 Å². The van der Waals surface area contributed by atoms with E-state index in [4.69, 9.17) is 29.0 Å². The average Bonchev–Trinajstić information content (AvgIpc) is 3.76. The number of nitrogen functional groups attached to an aromatic ring is 1. The number of benzene rings is 1. The number of ether oxygens (including phenoxy) is 3. The van der Waals surface area contributed by atoms with Gasteiger partial charge in [0.1, 0.15) is 55.5 Å². The first-order chi connectivity index (χ1) is 27.6. The molecule has 1 saturated heterocycles. The van der Waals surface area contributed by atoms with Crippen LogP contribution in [0.3, 0.4) is 0 Å². The van der Waals surface area contributed by atoms with Crippen LogP contribution in [0.25, 0.3) is 5.52 Å². The normalized spacial score (nSPS) is 20.2. The minimum atomic E-state index is -4.51. The molecule has 4 rings (SSSR count). The van der Waals surface area contributed by atoms with Gasteiger partial charge in [0.15, 0.2) is 5.82 Å². The fourth-order valence-electron chi connectivity index (χ4n) is 6.99. The summed E-state index contributed by atoms with van der Waals surface area (Å²) in [6.07, 6.45) is 16.1. The molecule has 0 saturated carbocycles. The maximum Gasteiger partial charge on any atom is 0.570 e. The summed E-state index contributed by atoms with van der Waals surface area (Å²) in [6.45, 7) is 2.05. The lowest BCUT2D eigenvalue weighted by molar-refractivity contribution is -0.0725. The van der Waals surface area contributed by atoms with Gasteiger partial charge in [0, 0.05) is 6.61 Å². The Hall–Kier alpha value is -3.31. The second-order valence-corrected chi connectivity index (χ2v) is 16.3. The summed E-state index contributed by atoms with van der Waals surface area (Å²) in [4.78, 5) is 25.3. The Bertz CT molecular complexity index is 1700. The van der Waals surface area contributed by atoms with E-state index in [-0.39, 0.29) is 31.3 Å². The molecule has 57 heavy (non-hydrogen) atoms. The van der Waals surface area contributed by atoms with E-state index in [9.17, 15) is 30.5 Å². The van der Waals surface area contributed by atoms with E-state index in [1.165, 1.54) is 100 Å². The number of hydrogen-bond acceptors (Lipinski definition) is 14. The molecular weight excluding hydrogens is 751 g/mol. The summed E-state index contributed by atoms with van der Waals surface area (Å²) in [5, 5.41) is 45.3. The summed E-state index contributed by atoms with van der Waals surface area (Å²) in [5.41, 5.74) is 5.52. The molecular formula is C41H62N6O9P+. The maximum absolute atomic E-state index is 11.0. The number of fused-ring (bicyclic) bond motifs is 1. The van der Waals surface area contributed by atoms with Crippen molar-refractivity contribution in [3.8, 4) is 12.1 Å². The largest absolute Gasteiger partial charge is 0.570 e. The SMILES string of the molecule is CCCCCCCCCCCCCCCCCCOC[C@H](CO[P+](O)(O)OC[C@H]1O[C@@](C#N)(c2ccc3c(N)ncnn23)[C@H](O)[C@@H]1O)OCc1cccc(C#N)c1. The van der Waals surface area contributed by atoms with Crippen LogP contribution in [-0.2, 0) is 35.5 Å². The Morgan fingerprint density at radius 1 is 0.895 bits per heavy atom. The molecule has 6 N–H and O–H groups in total. The van der Waals surface area contributed by atoms with Crippen LogP contribution in [0, 0.1) is 22.7 Å². The number of anilines is 1. The van der Waals surface area contributed by atoms with Crippen molar-refractivity contribution < 1.29 is 43.3 Å². The third-order valence-corrected chi connectivity index (χ3v) is 11.3. The molecule has 314 valence electrons. The topological polar surface area (TPSA) is 231 Å². The molecule has 0 spiro atoms. The molecule has 1 aromatic carbocycles. The number of unbranched alkanes of at least 4 members (excludes halogenated alkanes) is 15. The van der Waals surface area contributed by atoms with Crippen molar-refractivity contribution in [2.45, 2.75) is 146 Å². The third-order valence-electron chi connectivity index (χ3n) is 10.3. The van der Waals surface area contributed by atoms with Gasteiger partial charge in [-0.05, 0) is 36.2 Å². The smallest absolute Gasteiger partial charge is 0.387 e. The molecule has 1 fully saturated rings. The molecule has 0 aliphatic carbocycles. The standard InChI is InChI=1S/C41H62N6O9P/c1-2-3-4-5-6-7-8-9-10-11-12-13-14-15-16-17-23-52-27-34(53-26-33-20-18-19-32(24-33)25-42)28-54-57(50,51)55-29-36-38(48)39(49)41(30-43,56-36)37-22-21-35-40(44)45-31-46-47(35)37/h18-22,24,31,34,36,38-39,48-51H,2-17,23,26-29H2,1H3,(H2,44,45,46)/q+1/t34-,36-,38-,39-,41+/m1/s1. The lowest BCUT2D eigenvalue weighted by Crippen LogP contribution is -2.41. The highest BCUT2D eigenvalue weighted by Crippen LogP contribution is 2.53. The van der Waals surface area contributed by atoms with Crippen LogP contribution in [0.15, 0.2) is 42.7 Å². The predicted octanol–water partition coefficient (Wildman–Crippen LogP) is 6.58. The van der Waals surface area contributed by atoms with Gasteiger partial charge in [-0.1, -0.05) is 115 Å². The minimum absolute atomic E-state index is 0.0911. The van der Waals surface area contributed by atoms with Gasteiger partial charge < -0.3 is 30.2 Å². The summed E-state index contributed by atoms with van der Waals surface area (Å²) < 4.78 is 29.7. The van der Waals surface area contributed by atoms with Crippen molar-refractivity contribution >= 4 is 19.5 Å². The number of rotatable bonds is 29. The van der Waals surface area contributed by atoms with Crippen LogP contribution in [0.1, 0.15) is 126 Å². The second kappa shape index (κ2) is 24.6. The first kappa shape index (κ1) is 46.4. The number of nitrogens with zero attached hydrogens (tertiary/aromatic N) is 5. The first-order valence-electron chi connectivity index (χ1n) is 20.5. The Morgan fingerprint density at radius 2 is 1.54 bits per heavy atom. The van der Waals surface area contributed by atoms with Crippen LogP contribution in [0.2, 0.25) is 0 Å². The first-order valence-corrected chi connectivity index (χ1v) is 22.0. The molecule has 3 aromatic rings. The third kappa shape index (κ3) is 14.5. The van der Waals surface area contributed by atoms with Crippen molar-refractivity contribution in [1.82, 2.24) is 14.6 Å². The monoisotopic (exact) mass is 813 g/mol. The van der Waals surface area contributed by atoms with E-state index in [0.29, 0.717) is 17.7 Å². The van der Waals surface area contributed by atoms with Crippen LogP contribution < -0.4 is 5.73 Å². The zero-order valence-electron chi connectivity index (χ0n) is 33.3. The van der Waals surface area contributed by atoms with Crippen LogP contribution in [0.5, 0.6) is 0 Å². The Balaban J connectivity index is 1.18. The molecule has 0 amide bonds. The van der Waals surface area contributed by atoms with Crippen LogP contribution in [-0.4, -0.2) is 85.4 Å². The van der Waals surface area contributed by atoms with E-state index in [0.717, 1.165) is 24.8 Å². The summed E-state index contributed by atoms with van der Waals surface area (Å²) in [7, 11) is -4.51. The van der Waals surface area contributed by atoms with Gasteiger partial charge in [-0.25, -0.2) is 9.50 Å². The summed E-state index contributed by atoms with van der Waals surface area (Å²) in [5.74, 6) is 0.133. The summed E-state index contributed by atoms with van der Waals surface area (Å²) >= 11 is 0. The van der Waals surface area contributed by atoms with E-state index in [1.807, 2.05) is 12.1 Å². The van der Waals surface area contributed by atoms with Gasteiger partial charge in [0.05, 0.1) is 30.5 Å². The lowest BCUT2D eigenvalue weighted by Gasteiger charge is -2.24. The number of nitriles is 2. The molecule has 5 atom stereocenters. The van der Waals surface area contributed by atoms with Crippen molar-refractivity contribution in [3.63, 3.8) is 0 Å². The number of aliphatic hydroxyl groups is 2. The van der Waals surface area contributed by atoms with Crippen LogP contribution >= 0.6 is 8.17 Å². The van der Waals surface area contributed by atoms with E-state index in [1.54, 1.807) is 24.3 Å². The van der Waals surface area contributed by atoms with Gasteiger partial charge >= 0.3 is 8.17 Å². The van der Waals surface area contributed by atoms with Gasteiger partial charge in [0.2, 0.25) is 5.60 Å². The van der Waals surface area contributed by atoms with Crippen molar-refractivity contribution in [2.24, 2.45) is 0 Å². The molecule has 1 aliphatic rings. The second-order valence-electron chi connectivity index (χ2n) is 14.8. The van der Waals surface area contributed by atoms with Crippen molar-refractivity contribution in [1.29, 1.82) is 10.5 Å². The number of hydrogen-bond donors (Lipinski definition) is 5. The Kier molecular flexibility index (Phi) is 20.0. The fourth-order valence-corrected chi connectivity index (χ4v) is 7.77. The summed E-state index contributed by atoms with van der Waals surface area (Å²) in [6, 6.07) is 14.0. The quantitative estimate of drug-likeness (QED) is 0.0368. The Labute approximate surface area is 337 Å². The zero-order valence-corrected chi connectivity index (χ0v) is 34.2. The van der Waals surface area contributed by atoms with E-state index < -0.39 is 44.8 Å². The molecule has 3 heterocycles. The zero-order chi connectivity index (χ0) is 40.9. The number of aliphatic hydroxyl groups excluding tert-OH is 2.